The molecule has 1 aliphatic rings. The van der Waals surface area contributed by atoms with Gasteiger partial charge < -0.3 is 14.5 Å². The molecule has 1 saturated heterocycles. The minimum Gasteiger partial charge on any atom is -0.437 e. The normalized spacial score (nSPS) is 14.5. The number of benzene rings is 1. The van der Waals surface area contributed by atoms with Crippen LogP contribution in [0.1, 0.15) is 22.5 Å². The van der Waals surface area contributed by atoms with E-state index in [-0.39, 0.29) is 17.6 Å². The third-order valence-corrected chi connectivity index (χ3v) is 6.40. The average molecular weight is 491 g/mol. The number of pyridine rings is 1. The van der Waals surface area contributed by atoms with Gasteiger partial charge in [0.2, 0.25) is 5.88 Å². The Balaban J connectivity index is 1.51. The maximum atomic E-state index is 13.4. The predicted octanol–water partition coefficient (Wildman–Crippen LogP) is 4.89. The van der Waals surface area contributed by atoms with Crippen LogP contribution in [0.4, 0.5) is 9.52 Å². The first-order valence-electron chi connectivity index (χ1n) is 9.55. The lowest BCUT2D eigenvalue weighted by atomic mass is 10.2. The van der Waals surface area contributed by atoms with Crippen molar-refractivity contribution >= 4 is 38.3 Å². The number of rotatable bonds is 4. The van der Waals surface area contributed by atoms with Crippen molar-refractivity contribution in [2.75, 3.05) is 31.1 Å². The molecule has 1 aromatic carbocycles. The van der Waals surface area contributed by atoms with E-state index in [1.807, 2.05) is 17.2 Å². The second kappa shape index (κ2) is 9.09. The van der Waals surface area contributed by atoms with E-state index in [1.165, 1.54) is 18.2 Å². The molecule has 30 heavy (non-hydrogen) atoms. The van der Waals surface area contributed by atoms with Gasteiger partial charge in [0.05, 0.1) is 10.2 Å². The summed E-state index contributed by atoms with van der Waals surface area (Å²) >= 11 is 4.91. The largest absolute Gasteiger partial charge is 0.437 e. The highest BCUT2D eigenvalue weighted by Gasteiger charge is 2.24. The van der Waals surface area contributed by atoms with Crippen molar-refractivity contribution in [3.63, 3.8) is 0 Å². The van der Waals surface area contributed by atoms with E-state index >= 15 is 0 Å². The van der Waals surface area contributed by atoms with E-state index in [4.69, 9.17) is 4.74 Å². The minimum atomic E-state index is -0.379. The predicted molar refractivity (Wildman–Crippen MR) is 118 cm³/mol. The summed E-state index contributed by atoms with van der Waals surface area (Å²) < 4.78 is 19.7. The number of halogens is 2. The van der Waals surface area contributed by atoms with Gasteiger partial charge in [-0.2, -0.15) is 0 Å². The van der Waals surface area contributed by atoms with Gasteiger partial charge in [0.15, 0.2) is 5.13 Å². The van der Waals surface area contributed by atoms with Crippen molar-refractivity contribution in [1.29, 1.82) is 0 Å². The summed E-state index contributed by atoms with van der Waals surface area (Å²) in [7, 11) is 0. The van der Waals surface area contributed by atoms with Crippen LogP contribution >= 0.6 is 27.3 Å². The molecular weight excluding hydrogens is 471 g/mol. The number of anilines is 1. The monoisotopic (exact) mass is 490 g/mol. The average Bonchev–Trinajstić information content (AvgIpc) is 3.02. The Labute approximate surface area is 186 Å². The van der Waals surface area contributed by atoms with Crippen LogP contribution in [0.15, 0.2) is 46.4 Å². The lowest BCUT2D eigenvalue weighted by Crippen LogP contribution is -2.35. The molecule has 1 aliphatic heterocycles. The Morgan fingerprint density at radius 1 is 1.23 bits per heavy atom. The van der Waals surface area contributed by atoms with E-state index in [2.05, 4.69) is 30.8 Å². The van der Waals surface area contributed by atoms with Crippen LogP contribution in [0.25, 0.3) is 0 Å². The SMILES string of the molecule is Cc1csc(N2CCCN(C(=O)c3cccnc3Oc3ccc(F)cc3Br)CC2)n1. The van der Waals surface area contributed by atoms with Crippen molar-refractivity contribution in [1.82, 2.24) is 14.9 Å². The molecule has 0 atom stereocenters. The van der Waals surface area contributed by atoms with Crippen molar-refractivity contribution in [3.8, 4) is 11.6 Å². The number of hydrogen-bond donors (Lipinski definition) is 0. The Morgan fingerprint density at radius 2 is 2.10 bits per heavy atom. The van der Waals surface area contributed by atoms with Gasteiger partial charge in [-0.25, -0.2) is 14.4 Å². The standard InChI is InChI=1S/C21H20BrFN4O2S/c1-14-13-30-21(25-14)27-9-3-8-26(10-11-27)20(28)16-4-2-7-24-19(16)29-18-6-5-15(23)12-17(18)22/h2,4-7,12-13H,3,8-11H2,1H3. The third kappa shape index (κ3) is 4.62. The Bertz CT molecular complexity index is 1060. The van der Waals surface area contributed by atoms with Crippen LogP contribution in [0.5, 0.6) is 11.6 Å². The van der Waals surface area contributed by atoms with Crippen LogP contribution in [0.2, 0.25) is 0 Å². The minimum absolute atomic E-state index is 0.131. The molecule has 4 rings (SSSR count). The number of nitrogens with zero attached hydrogens (tertiary/aromatic N) is 4. The molecule has 156 valence electrons. The van der Waals surface area contributed by atoms with E-state index in [0.717, 1.165) is 30.3 Å². The summed E-state index contributed by atoms with van der Waals surface area (Å²) in [6, 6.07) is 7.52. The first-order valence-corrected chi connectivity index (χ1v) is 11.2. The van der Waals surface area contributed by atoms with Gasteiger partial charge in [0.1, 0.15) is 17.1 Å². The fraction of sp³-hybridized carbons (Fsp3) is 0.286. The molecule has 0 unspecified atom stereocenters. The molecule has 3 aromatic rings. The smallest absolute Gasteiger partial charge is 0.259 e. The summed E-state index contributed by atoms with van der Waals surface area (Å²) in [6.07, 6.45) is 2.42. The number of carbonyl (C=O) groups is 1. The quantitative estimate of drug-likeness (QED) is 0.520. The Kier molecular flexibility index (Phi) is 6.29. The highest BCUT2D eigenvalue weighted by Crippen LogP contribution is 2.31. The summed E-state index contributed by atoms with van der Waals surface area (Å²) in [5.41, 5.74) is 1.39. The second-order valence-electron chi connectivity index (χ2n) is 6.94. The molecule has 1 amide bonds. The van der Waals surface area contributed by atoms with Gasteiger partial charge in [-0.3, -0.25) is 4.79 Å². The number of aromatic nitrogens is 2. The van der Waals surface area contributed by atoms with Crippen LogP contribution in [0, 0.1) is 12.7 Å². The van der Waals surface area contributed by atoms with Gasteiger partial charge in [-0.05, 0) is 59.6 Å². The molecule has 6 nitrogen and oxygen atoms in total. The van der Waals surface area contributed by atoms with Crippen LogP contribution < -0.4 is 9.64 Å². The maximum Gasteiger partial charge on any atom is 0.259 e. The highest BCUT2D eigenvalue weighted by atomic mass is 79.9. The number of hydrogen-bond acceptors (Lipinski definition) is 6. The second-order valence-corrected chi connectivity index (χ2v) is 8.63. The van der Waals surface area contributed by atoms with Crippen molar-refractivity contribution in [2.24, 2.45) is 0 Å². The highest BCUT2D eigenvalue weighted by molar-refractivity contribution is 9.10. The van der Waals surface area contributed by atoms with Crippen molar-refractivity contribution < 1.29 is 13.9 Å². The van der Waals surface area contributed by atoms with E-state index in [1.54, 1.807) is 29.7 Å². The topological polar surface area (TPSA) is 58.6 Å². The molecular formula is C21H20BrFN4O2S. The molecule has 0 saturated carbocycles. The van der Waals surface area contributed by atoms with E-state index in [9.17, 15) is 9.18 Å². The molecule has 9 heteroatoms. The van der Waals surface area contributed by atoms with Crippen molar-refractivity contribution in [3.05, 3.63) is 63.5 Å². The zero-order valence-corrected chi connectivity index (χ0v) is 18.7. The zero-order chi connectivity index (χ0) is 21.1. The number of carbonyl (C=O) groups excluding carboxylic acids is 1. The first kappa shape index (κ1) is 20.7. The van der Waals surface area contributed by atoms with Gasteiger partial charge in [0, 0.05) is 37.8 Å². The zero-order valence-electron chi connectivity index (χ0n) is 16.3. The Morgan fingerprint density at radius 3 is 2.87 bits per heavy atom. The fourth-order valence-electron chi connectivity index (χ4n) is 3.27. The number of thiazole rings is 1. The fourth-order valence-corrected chi connectivity index (χ4v) is 4.55. The first-order chi connectivity index (χ1) is 14.5. The number of ether oxygens (including phenoxy) is 1. The lowest BCUT2D eigenvalue weighted by molar-refractivity contribution is 0.0763. The molecule has 1 fully saturated rings. The van der Waals surface area contributed by atoms with Crippen molar-refractivity contribution in [2.45, 2.75) is 13.3 Å². The summed E-state index contributed by atoms with van der Waals surface area (Å²) in [6.45, 7) is 4.80. The molecule has 0 spiro atoms. The van der Waals surface area contributed by atoms with Crippen LogP contribution in [-0.4, -0.2) is 47.0 Å². The van der Waals surface area contributed by atoms with Crippen LogP contribution in [-0.2, 0) is 0 Å². The molecule has 3 heterocycles. The lowest BCUT2D eigenvalue weighted by Gasteiger charge is -2.22. The summed E-state index contributed by atoms with van der Waals surface area (Å²) in [5, 5.41) is 3.03. The van der Waals surface area contributed by atoms with Gasteiger partial charge in [-0.15, -0.1) is 11.3 Å². The number of aryl methyl sites for hydroxylation is 1. The van der Waals surface area contributed by atoms with E-state index in [0.29, 0.717) is 28.9 Å². The van der Waals surface area contributed by atoms with Crippen LogP contribution in [0.3, 0.4) is 0 Å². The third-order valence-electron chi connectivity index (χ3n) is 4.76. The maximum absolute atomic E-state index is 13.4. The summed E-state index contributed by atoms with van der Waals surface area (Å²) in [4.78, 5) is 26.1. The number of amides is 1. The molecule has 0 radical (unpaired) electrons. The Hall–Kier alpha value is -2.52. The van der Waals surface area contributed by atoms with Gasteiger partial charge in [0.25, 0.3) is 5.91 Å². The molecule has 0 aliphatic carbocycles. The molecule has 0 N–H and O–H groups in total. The van der Waals surface area contributed by atoms with Gasteiger partial charge >= 0.3 is 0 Å². The summed E-state index contributed by atoms with van der Waals surface area (Å²) in [5.74, 6) is 0.0846. The van der Waals surface area contributed by atoms with Gasteiger partial charge in [-0.1, -0.05) is 0 Å². The molecule has 2 aromatic heterocycles. The molecule has 0 bridgehead atoms. The van der Waals surface area contributed by atoms with E-state index < -0.39 is 0 Å².